The first-order valence-corrected chi connectivity index (χ1v) is 9.36. The van der Waals surface area contributed by atoms with Gasteiger partial charge in [0.05, 0.1) is 28.8 Å². The highest BCUT2D eigenvalue weighted by molar-refractivity contribution is 5.99. The molecular weight excluding hydrogens is 399 g/mol. The zero-order valence-corrected chi connectivity index (χ0v) is 17.0. The highest BCUT2D eigenvalue weighted by atomic mass is 19.4. The third kappa shape index (κ3) is 4.87. The predicted molar refractivity (Wildman–Crippen MR) is 105 cm³/mol. The summed E-state index contributed by atoms with van der Waals surface area (Å²) in [5.74, 6) is 0.158. The Morgan fingerprint density at radius 2 is 2.00 bits per heavy atom. The van der Waals surface area contributed by atoms with Gasteiger partial charge in [-0.15, -0.1) is 0 Å². The van der Waals surface area contributed by atoms with E-state index in [1.807, 2.05) is 6.92 Å². The fourth-order valence-corrected chi connectivity index (χ4v) is 2.76. The molecule has 0 bridgehead atoms. The molecular formula is C20H22F3N5O2. The molecule has 160 valence electrons. The van der Waals surface area contributed by atoms with Crippen LogP contribution in [0.3, 0.4) is 0 Å². The average molecular weight is 421 g/mol. The van der Waals surface area contributed by atoms with Gasteiger partial charge < -0.3 is 10.1 Å². The molecule has 1 amide bonds. The third-order valence-electron chi connectivity index (χ3n) is 4.52. The Morgan fingerprint density at radius 1 is 1.27 bits per heavy atom. The van der Waals surface area contributed by atoms with Crippen molar-refractivity contribution in [2.45, 2.75) is 39.9 Å². The van der Waals surface area contributed by atoms with Gasteiger partial charge in [0.2, 0.25) is 5.91 Å². The first kappa shape index (κ1) is 21.5. The number of hydrogen-bond donors (Lipinski definition) is 1. The summed E-state index contributed by atoms with van der Waals surface area (Å²) in [4.78, 5) is 20.5. The molecule has 3 aromatic rings. The smallest absolute Gasteiger partial charge is 0.422 e. The molecule has 0 saturated heterocycles. The summed E-state index contributed by atoms with van der Waals surface area (Å²) < 4.78 is 43.6. The predicted octanol–water partition coefficient (Wildman–Crippen LogP) is 4.28. The van der Waals surface area contributed by atoms with E-state index in [9.17, 15) is 18.0 Å². The molecule has 3 aromatic heterocycles. The first-order chi connectivity index (χ1) is 14.0. The number of carbonyl (C=O) groups is 1. The fraction of sp³-hybridized carbons (Fsp3) is 0.400. The van der Waals surface area contributed by atoms with Crippen molar-refractivity contribution in [2.24, 2.45) is 5.92 Å². The monoisotopic (exact) mass is 421 g/mol. The summed E-state index contributed by atoms with van der Waals surface area (Å²) in [6, 6.07) is 3.10. The molecule has 0 aromatic carbocycles. The number of hydrogen-bond acceptors (Lipinski definition) is 5. The molecule has 0 aliphatic rings. The number of nitrogens with one attached hydrogen (secondary N) is 1. The maximum absolute atomic E-state index is 12.4. The molecule has 0 spiro atoms. The van der Waals surface area contributed by atoms with Crippen LogP contribution in [0.25, 0.3) is 10.9 Å². The third-order valence-corrected chi connectivity index (χ3v) is 4.52. The number of carbonyl (C=O) groups excluding carboxylic acids is 1. The number of aryl methyl sites for hydroxylation is 1. The Morgan fingerprint density at radius 3 is 2.63 bits per heavy atom. The highest BCUT2D eigenvalue weighted by Gasteiger charge is 2.29. The molecule has 0 aliphatic carbocycles. The number of halogens is 3. The van der Waals surface area contributed by atoms with Gasteiger partial charge in [-0.25, -0.2) is 4.98 Å². The molecule has 1 atom stereocenters. The van der Waals surface area contributed by atoms with Crippen molar-refractivity contribution < 1.29 is 22.7 Å². The van der Waals surface area contributed by atoms with Crippen LogP contribution in [0.1, 0.15) is 38.1 Å². The second-order valence-electron chi connectivity index (χ2n) is 7.30. The number of rotatable bonds is 6. The lowest BCUT2D eigenvalue weighted by atomic mass is 10.1. The van der Waals surface area contributed by atoms with E-state index >= 15 is 0 Å². The first-order valence-electron chi connectivity index (χ1n) is 9.36. The summed E-state index contributed by atoms with van der Waals surface area (Å²) in [6.45, 7) is 5.73. The summed E-state index contributed by atoms with van der Waals surface area (Å²) in [6.07, 6.45) is 0.194. The highest BCUT2D eigenvalue weighted by Crippen LogP contribution is 2.27. The fourth-order valence-electron chi connectivity index (χ4n) is 2.76. The zero-order chi connectivity index (χ0) is 22.1. The van der Waals surface area contributed by atoms with Gasteiger partial charge in [0.15, 0.2) is 6.61 Å². The van der Waals surface area contributed by atoms with Gasteiger partial charge in [0.1, 0.15) is 11.6 Å². The minimum Gasteiger partial charge on any atom is -0.482 e. The van der Waals surface area contributed by atoms with E-state index in [1.54, 1.807) is 50.0 Å². The Balaban J connectivity index is 1.85. The van der Waals surface area contributed by atoms with Crippen LogP contribution in [-0.2, 0) is 4.79 Å². The number of nitrogens with zero attached hydrogens (tertiary/aromatic N) is 4. The van der Waals surface area contributed by atoms with Crippen molar-refractivity contribution in [3.8, 4) is 5.75 Å². The molecule has 0 radical (unpaired) electrons. The molecule has 1 unspecified atom stereocenters. The van der Waals surface area contributed by atoms with Crippen molar-refractivity contribution in [1.29, 1.82) is 0 Å². The van der Waals surface area contributed by atoms with E-state index in [-0.39, 0.29) is 23.6 Å². The van der Waals surface area contributed by atoms with Crippen molar-refractivity contribution in [3.63, 3.8) is 0 Å². The maximum Gasteiger partial charge on any atom is 0.422 e. The number of aromatic nitrogens is 4. The van der Waals surface area contributed by atoms with Gasteiger partial charge in [0.25, 0.3) is 0 Å². The Labute approximate surface area is 171 Å². The lowest BCUT2D eigenvalue weighted by molar-refractivity contribution is -0.153. The number of amides is 1. The van der Waals surface area contributed by atoms with E-state index in [0.29, 0.717) is 28.0 Å². The van der Waals surface area contributed by atoms with Gasteiger partial charge in [-0.3, -0.25) is 14.5 Å². The summed E-state index contributed by atoms with van der Waals surface area (Å²) in [7, 11) is 0. The molecule has 10 heteroatoms. The van der Waals surface area contributed by atoms with Gasteiger partial charge in [-0.05, 0) is 31.5 Å². The van der Waals surface area contributed by atoms with Crippen LogP contribution in [0, 0.1) is 12.8 Å². The summed E-state index contributed by atoms with van der Waals surface area (Å²) >= 11 is 0. The minimum atomic E-state index is -4.41. The van der Waals surface area contributed by atoms with Crippen molar-refractivity contribution in [1.82, 2.24) is 19.7 Å². The molecule has 0 fully saturated rings. The summed E-state index contributed by atoms with van der Waals surface area (Å²) in [5.41, 5.74) is 1.80. The van der Waals surface area contributed by atoms with Crippen LogP contribution >= 0.6 is 0 Å². The number of pyridine rings is 2. The standard InChI is InChI=1S/C20H22F3N5O2/c1-11(2)19(29)26-18-14-9-28(27-15(14)5-6-24-18)13(4)16-7-12(3)17(8-25-16)30-10-20(21,22)23/h5-9,11,13H,10H2,1-4H3,(H,24,26,29). The van der Waals surface area contributed by atoms with E-state index in [0.717, 1.165) is 0 Å². The molecule has 3 rings (SSSR count). The number of anilines is 1. The Hall–Kier alpha value is -3.17. The number of fused-ring (bicyclic) bond motifs is 1. The lowest BCUT2D eigenvalue weighted by Crippen LogP contribution is -2.20. The van der Waals surface area contributed by atoms with E-state index in [1.165, 1.54) is 6.20 Å². The molecule has 30 heavy (non-hydrogen) atoms. The average Bonchev–Trinajstić information content (AvgIpc) is 3.11. The molecule has 0 saturated carbocycles. The van der Waals surface area contributed by atoms with Crippen LogP contribution in [-0.4, -0.2) is 38.4 Å². The van der Waals surface area contributed by atoms with Crippen molar-refractivity contribution in [3.05, 3.63) is 42.0 Å². The quantitative estimate of drug-likeness (QED) is 0.643. The van der Waals surface area contributed by atoms with E-state index in [4.69, 9.17) is 4.74 Å². The van der Waals surface area contributed by atoms with Crippen LogP contribution in [0.15, 0.2) is 30.7 Å². The minimum absolute atomic E-state index is 0.0804. The van der Waals surface area contributed by atoms with E-state index < -0.39 is 12.8 Å². The van der Waals surface area contributed by atoms with Gasteiger partial charge in [0, 0.05) is 18.3 Å². The number of alkyl halides is 3. The van der Waals surface area contributed by atoms with Crippen LogP contribution in [0.2, 0.25) is 0 Å². The molecule has 7 nitrogen and oxygen atoms in total. The van der Waals surface area contributed by atoms with Crippen LogP contribution < -0.4 is 10.1 Å². The van der Waals surface area contributed by atoms with Gasteiger partial charge in [-0.1, -0.05) is 13.8 Å². The topological polar surface area (TPSA) is 81.9 Å². The van der Waals surface area contributed by atoms with Gasteiger partial charge >= 0.3 is 6.18 Å². The molecule has 1 N–H and O–H groups in total. The van der Waals surface area contributed by atoms with E-state index in [2.05, 4.69) is 20.4 Å². The SMILES string of the molecule is Cc1cc(C(C)n2cc3c(NC(=O)C(C)C)nccc3n2)ncc1OCC(F)(F)F. The normalized spacial score (nSPS) is 12.9. The molecule has 0 aliphatic heterocycles. The van der Waals surface area contributed by atoms with Gasteiger partial charge in [-0.2, -0.15) is 18.3 Å². The second kappa shape index (κ2) is 8.29. The Bertz CT molecular complexity index is 1060. The lowest BCUT2D eigenvalue weighted by Gasteiger charge is -2.15. The summed E-state index contributed by atoms with van der Waals surface area (Å²) in [5, 5.41) is 8.00. The second-order valence-corrected chi connectivity index (χ2v) is 7.30. The maximum atomic E-state index is 12.4. The van der Waals surface area contributed by atoms with Crippen molar-refractivity contribution in [2.75, 3.05) is 11.9 Å². The van der Waals surface area contributed by atoms with Crippen LogP contribution in [0.4, 0.5) is 19.0 Å². The largest absolute Gasteiger partial charge is 0.482 e. The molecule has 3 heterocycles. The zero-order valence-electron chi connectivity index (χ0n) is 17.0. The Kier molecular flexibility index (Phi) is 5.95. The van der Waals surface area contributed by atoms with Crippen molar-refractivity contribution >= 4 is 22.6 Å². The van der Waals surface area contributed by atoms with Crippen LogP contribution in [0.5, 0.6) is 5.75 Å². The number of ether oxygens (including phenoxy) is 1.